The summed E-state index contributed by atoms with van der Waals surface area (Å²) in [5.74, 6) is -1.87. The molecule has 0 aliphatic carbocycles. The Labute approximate surface area is 78.8 Å². The van der Waals surface area contributed by atoms with Gasteiger partial charge in [0.1, 0.15) is 0 Å². The molecule has 0 aromatic heterocycles. The van der Waals surface area contributed by atoms with Crippen molar-refractivity contribution in [3.05, 3.63) is 0 Å². The van der Waals surface area contributed by atoms with Crippen molar-refractivity contribution in [3.8, 4) is 0 Å². The zero-order chi connectivity index (χ0) is 10.4. The number of hydrogen-bond acceptors (Lipinski definition) is 7. The summed E-state index contributed by atoms with van der Waals surface area (Å²) in [7, 11) is 2.16. The zero-order valence-electron chi connectivity index (χ0n) is 7.09. The van der Waals surface area contributed by atoms with Crippen molar-refractivity contribution in [2.45, 2.75) is 10.9 Å². The molecule has 0 radical (unpaired) electrons. The van der Waals surface area contributed by atoms with Gasteiger partial charge >= 0.3 is 11.9 Å². The van der Waals surface area contributed by atoms with Crippen LogP contribution in [0.2, 0.25) is 0 Å². The Bertz CT molecular complexity index is 174. The highest BCUT2D eigenvalue weighted by Crippen LogP contribution is 2.15. The molecule has 0 fully saturated rings. The monoisotopic (exact) mass is 210 g/mol. The number of carbonyl (C=O) groups excluding carboxylic acids is 2. The van der Waals surface area contributed by atoms with Crippen molar-refractivity contribution in [2.75, 3.05) is 14.2 Å². The van der Waals surface area contributed by atoms with Gasteiger partial charge in [-0.1, -0.05) is 11.8 Å². The minimum absolute atomic E-state index is 0.327. The number of aliphatic hydroxyl groups excluding tert-OH is 2. The lowest BCUT2D eigenvalue weighted by Gasteiger charge is -2.11. The summed E-state index contributed by atoms with van der Waals surface area (Å²) in [6, 6.07) is 0. The van der Waals surface area contributed by atoms with Crippen molar-refractivity contribution in [3.63, 3.8) is 0 Å². The second kappa shape index (κ2) is 5.79. The molecule has 0 saturated carbocycles. The molecule has 13 heavy (non-hydrogen) atoms. The summed E-state index contributed by atoms with van der Waals surface area (Å²) >= 11 is 0.327. The lowest BCUT2D eigenvalue weighted by atomic mass is 10.7. The van der Waals surface area contributed by atoms with Gasteiger partial charge in [0.25, 0.3) is 0 Å². The van der Waals surface area contributed by atoms with Gasteiger partial charge in [-0.05, 0) is 0 Å². The number of methoxy groups -OCH3 is 2. The zero-order valence-corrected chi connectivity index (χ0v) is 7.91. The number of ether oxygens (including phenoxy) is 2. The largest absolute Gasteiger partial charge is 0.466 e. The Balaban J connectivity index is 3.98. The smallest absolute Gasteiger partial charge is 0.345 e. The number of rotatable bonds is 4. The maximum Gasteiger partial charge on any atom is 0.345 e. The van der Waals surface area contributed by atoms with E-state index >= 15 is 0 Å². The summed E-state index contributed by atoms with van der Waals surface area (Å²) in [6.07, 6.45) is 0. The molecule has 0 spiro atoms. The number of carbonyl (C=O) groups is 2. The van der Waals surface area contributed by atoms with E-state index in [9.17, 15) is 9.59 Å². The second-order valence-electron chi connectivity index (χ2n) is 1.89. The fourth-order valence-electron chi connectivity index (χ4n) is 0.435. The predicted octanol–water partition coefficient (Wildman–Crippen LogP) is -1.30. The van der Waals surface area contributed by atoms with Gasteiger partial charge in [0.05, 0.1) is 14.2 Å². The van der Waals surface area contributed by atoms with E-state index < -0.39 is 22.8 Å². The summed E-state index contributed by atoms with van der Waals surface area (Å²) in [5.41, 5.74) is -3.20. The first kappa shape index (κ1) is 12.2. The standard InChI is InChI=1S/C6H10O6S/c1-11-3(7)5(9)13-6(10)4(8)12-2/h5-6,9-10H,1-2H3/t5-,6-/m0/s1. The topological polar surface area (TPSA) is 93.1 Å². The third kappa shape index (κ3) is 4.11. The molecule has 0 aliphatic rings. The molecular weight excluding hydrogens is 200 g/mol. The lowest BCUT2D eigenvalue weighted by molar-refractivity contribution is -0.146. The third-order valence-electron chi connectivity index (χ3n) is 1.06. The highest BCUT2D eigenvalue weighted by atomic mass is 32.2. The number of thioether (sulfide) groups is 1. The van der Waals surface area contributed by atoms with Gasteiger partial charge in [-0.25, -0.2) is 9.59 Å². The van der Waals surface area contributed by atoms with E-state index in [1.165, 1.54) is 0 Å². The quantitative estimate of drug-likeness (QED) is 0.440. The van der Waals surface area contributed by atoms with Gasteiger partial charge in [-0.15, -0.1) is 0 Å². The lowest BCUT2D eigenvalue weighted by Crippen LogP contribution is -2.26. The number of hydrogen-bond donors (Lipinski definition) is 2. The molecule has 0 saturated heterocycles. The summed E-state index contributed by atoms with van der Waals surface area (Å²) in [5, 5.41) is 17.9. The molecule has 0 heterocycles. The molecule has 0 aromatic carbocycles. The minimum atomic E-state index is -1.60. The summed E-state index contributed by atoms with van der Waals surface area (Å²) < 4.78 is 8.31. The molecule has 76 valence electrons. The first-order chi connectivity index (χ1) is 6.02. The van der Waals surface area contributed by atoms with Crippen LogP contribution in [0.1, 0.15) is 0 Å². The minimum Gasteiger partial charge on any atom is -0.466 e. The summed E-state index contributed by atoms with van der Waals surface area (Å²) in [6.45, 7) is 0. The SMILES string of the molecule is COC(=O)[C@@H](O)S[C@H](O)C(=O)OC. The maximum absolute atomic E-state index is 10.6. The van der Waals surface area contributed by atoms with Gasteiger partial charge in [-0.2, -0.15) is 0 Å². The normalized spacial score (nSPS) is 14.5. The second-order valence-corrected chi connectivity index (χ2v) is 3.05. The van der Waals surface area contributed by atoms with Crippen LogP contribution in [0.15, 0.2) is 0 Å². The molecule has 2 atom stereocenters. The van der Waals surface area contributed by atoms with Crippen LogP contribution in [0.25, 0.3) is 0 Å². The predicted molar refractivity (Wildman–Crippen MR) is 43.6 cm³/mol. The first-order valence-electron chi connectivity index (χ1n) is 3.20. The van der Waals surface area contributed by atoms with Crippen LogP contribution in [0.4, 0.5) is 0 Å². The van der Waals surface area contributed by atoms with E-state index in [1.54, 1.807) is 0 Å². The third-order valence-corrected chi connectivity index (χ3v) is 1.96. The van der Waals surface area contributed by atoms with Crippen molar-refractivity contribution < 1.29 is 29.3 Å². The van der Waals surface area contributed by atoms with Crippen molar-refractivity contribution in [1.29, 1.82) is 0 Å². The van der Waals surface area contributed by atoms with Gasteiger partial charge in [0, 0.05) is 0 Å². The van der Waals surface area contributed by atoms with Gasteiger partial charge in [-0.3, -0.25) is 0 Å². The van der Waals surface area contributed by atoms with E-state index in [0.29, 0.717) is 11.8 Å². The van der Waals surface area contributed by atoms with Crippen LogP contribution < -0.4 is 0 Å². The Morgan fingerprint density at radius 2 is 1.38 bits per heavy atom. The molecule has 0 bridgehead atoms. The Hall–Kier alpha value is -0.790. The van der Waals surface area contributed by atoms with Gasteiger partial charge in [0.15, 0.2) is 0 Å². The van der Waals surface area contributed by atoms with E-state index in [1.807, 2.05) is 0 Å². The van der Waals surface area contributed by atoms with Crippen LogP contribution in [-0.2, 0) is 19.1 Å². The Kier molecular flexibility index (Phi) is 5.44. The van der Waals surface area contributed by atoms with E-state index in [4.69, 9.17) is 10.2 Å². The van der Waals surface area contributed by atoms with Gasteiger partial charge < -0.3 is 19.7 Å². The maximum atomic E-state index is 10.6. The number of esters is 2. The fourth-order valence-corrected chi connectivity index (χ4v) is 1.09. The molecule has 2 N–H and O–H groups in total. The van der Waals surface area contributed by atoms with Crippen molar-refractivity contribution >= 4 is 23.7 Å². The molecule has 0 unspecified atom stereocenters. The molecule has 0 aliphatic heterocycles. The first-order valence-corrected chi connectivity index (χ1v) is 4.14. The number of aliphatic hydroxyl groups is 2. The molecule has 0 rings (SSSR count). The molecule has 0 amide bonds. The van der Waals surface area contributed by atoms with E-state index in [-0.39, 0.29) is 0 Å². The summed E-state index contributed by atoms with van der Waals surface area (Å²) in [4.78, 5) is 21.2. The van der Waals surface area contributed by atoms with Crippen molar-refractivity contribution in [2.24, 2.45) is 0 Å². The van der Waals surface area contributed by atoms with Crippen LogP contribution in [0, 0.1) is 0 Å². The van der Waals surface area contributed by atoms with Crippen LogP contribution in [-0.4, -0.2) is 47.2 Å². The molecule has 6 nitrogen and oxygen atoms in total. The van der Waals surface area contributed by atoms with Crippen LogP contribution in [0.5, 0.6) is 0 Å². The van der Waals surface area contributed by atoms with E-state index in [2.05, 4.69) is 9.47 Å². The highest BCUT2D eigenvalue weighted by molar-refractivity contribution is 8.01. The molecule has 0 aromatic rings. The Morgan fingerprint density at radius 1 is 1.08 bits per heavy atom. The van der Waals surface area contributed by atoms with Crippen molar-refractivity contribution in [1.82, 2.24) is 0 Å². The Morgan fingerprint density at radius 3 is 1.62 bits per heavy atom. The van der Waals surface area contributed by atoms with Gasteiger partial charge in [0.2, 0.25) is 10.9 Å². The highest BCUT2D eigenvalue weighted by Gasteiger charge is 2.25. The molecule has 7 heteroatoms. The van der Waals surface area contributed by atoms with Crippen LogP contribution >= 0.6 is 11.8 Å². The average molecular weight is 210 g/mol. The fraction of sp³-hybridized carbons (Fsp3) is 0.667. The van der Waals surface area contributed by atoms with Crippen LogP contribution in [0.3, 0.4) is 0 Å². The average Bonchev–Trinajstić information content (AvgIpc) is 2.14. The molecular formula is C6H10O6S. The van der Waals surface area contributed by atoms with E-state index in [0.717, 1.165) is 14.2 Å².